The van der Waals surface area contributed by atoms with Gasteiger partial charge in [-0.1, -0.05) is 25.2 Å². The Morgan fingerprint density at radius 1 is 1.70 bits per heavy atom. The molecule has 1 atom stereocenters. The Balaban J connectivity index is 2.70. The molecule has 0 aromatic heterocycles. The minimum Gasteiger partial charge on any atom is -0.102 e. The molecule has 1 aliphatic carbocycles. The van der Waals surface area contributed by atoms with Crippen molar-refractivity contribution in [1.29, 1.82) is 0 Å². The molecule has 0 spiro atoms. The monoisotopic (exact) mass is 136 g/mol. The second-order valence-corrected chi connectivity index (χ2v) is 3.09. The van der Waals surface area contributed by atoms with Crippen molar-refractivity contribution in [2.24, 2.45) is 5.41 Å². The van der Waals surface area contributed by atoms with E-state index in [1.165, 1.54) is 25.7 Å². The van der Waals surface area contributed by atoms with E-state index in [0.717, 1.165) is 0 Å². The van der Waals surface area contributed by atoms with Crippen molar-refractivity contribution in [2.45, 2.75) is 32.6 Å². The van der Waals surface area contributed by atoms with Crippen LogP contribution >= 0.6 is 0 Å². The summed E-state index contributed by atoms with van der Waals surface area (Å²) in [5.74, 6) is 0. The quantitative estimate of drug-likeness (QED) is 0.511. The lowest BCUT2D eigenvalue weighted by Gasteiger charge is -2.28. The van der Waals surface area contributed by atoms with Gasteiger partial charge in [-0.2, -0.15) is 0 Å². The molecule has 0 amide bonds. The van der Waals surface area contributed by atoms with Crippen LogP contribution in [0.25, 0.3) is 0 Å². The van der Waals surface area contributed by atoms with Gasteiger partial charge in [-0.3, -0.25) is 0 Å². The highest BCUT2D eigenvalue weighted by Crippen LogP contribution is 2.34. The Bertz CT molecular complexity index is 144. The molecule has 1 aliphatic rings. The molecule has 0 radical (unpaired) electrons. The van der Waals surface area contributed by atoms with Crippen LogP contribution in [0.2, 0.25) is 0 Å². The van der Waals surface area contributed by atoms with Crippen molar-refractivity contribution in [3.63, 3.8) is 0 Å². The van der Waals surface area contributed by atoms with Gasteiger partial charge < -0.3 is 0 Å². The largest absolute Gasteiger partial charge is 0.102 e. The van der Waals surface area contributed by atoms with Gasteiger partial charge in [0.05, 0.1) is 0 Å². The predicted molar refractivity (Wildman–Crippen MR) is 45.9 cm³/mol. The second kappa shape index (κ2) is 3.05. The lowest BCUT2D eigenvalue weighted by molar-refractivity contribution is 0.404. The molecule has 0 saturated heterocycles. The van der Waals surface area contributed by atoms with E-state index in [-0.39, 0.29) is 0 Å². The molecule has 0 aromatic rings. The maximum atomic E-state index is 3.88. The lowest BCUT2D eigenvalue weighted by atomic mass is 9.77. The fourth-order valence-corrected chi connectivity index (χ4v) is 1.56. The molecule has 0 saturated carbocycles. The first-order valence-corrected chi connectivity index (χ1v) is 4.14. The molecule has 56 valence electrons. The standard InChI is InChI=1S/C10H16/c1-3-10(4-2)8-6-5-7-9-10/h3,6,8H,1,4-5,7,9H2,2H3. The third-order valence-electron chi connectivity index (χ3n) is 2.53. The molecule has 0 heteroatoms. The van der Waals surface area contributed by atoms with Crippen molar-refractivity contribution in [3.05, 3.63) is 24.8 Å². The average molecular weight is 136 g/mol. The third kappa shape index (κ3) is 1.31. The first-order valence-electron chi connectivity index (χ1n) is 4.14. The Labute approximate surface area is 63.6 Å². The first kappa shape index (κ1) is 7.59. The van der Waals surface area contributed by atoms with Crippen LogP contribution in [0.4, 0.5) is 0 Å². The molecule has 0 heterocycles. The molecular formula is C10H16. The smallest absolute Gasteiger partial charge is 0.00558 e. The molecule has 1 unspecified atom stereocenters. The van der Waals surface area contributed by atoms with Crippen LogP contribution in [-0.2, 0) is 0 Å². The minimum atomic E-state index is 0.345. The summed E-state index contributed by atoms with van der Waals surface area (Å²) >= 11 is 0. The number of rotatable bonds is 2. The topological polar surface area (TPSA) is 0 Å². The Hall–Kier alpha value is -0.520. The van der Waals surface area contributed by atoms with Crippen LogP contribution in [0.5, 0.6) is 0 Å². The summed E-state index contributed by atoms with van der Waals surface area (Å²) in [6.45, 7) is 6.11. The van der Waals surface area contributed by atoms with Crippen LogP contribution in [0, 0.1) is 5.41 Å². The zero-order valence-corrected chi connectivity index (χ0v) is 6.77. The van der Waals surface area contributed by atoms with E-state index in [1.54, 1.807) is 0 Å². The zero-order valence-electron chi connectivity index (χ0n) is 6.77. The molecular weight excluding hydrogens is 120 g/mol. The van der Waals surface area contributed by atoms with Crippen LogP contribution in [0.15, 0.2) is 24.8 Å². The molecule has 10 heavy (non-hydrogen) atoms. The maximum absolute atomic E-state index is 3.88. The average Bonchev–Trinajstić information content (AvgIpc) is 2.06. The first-order chi connectivity index (χ1) is 4.83. The maximum Gasteiger partial charge on any atom is 0.00558 e. The van der Waals surface area contributed by atoms with E-state index in [2.05, 4.69) is 31.7 Å². The number of allylic oxidation sites excluding steroid dienone is 3. The van der Waals surface area contributed by atoms with E-state index in [1.807, 2.05) is 0 Å². The van der Waals surface area contributed by atoms with Gasteiger partial charge in [0.25, 0.3) is 0 Å². The Kier molecular flexibility index (Phi) is 2.31. The SMILES string of the molecule is C=CC1(CC)C=CCCC1. The highest BCUT2D eigenvalue weighted by molar-refractivity contribution is 5.11. The van der Waals surface area contributed by atoms with Crippen molar-refractivity contribution in [3.8, 4) is 0 Å². The van der Waals surface area contributed by atoms with Crippen molar-refractivity contribution >= 4 is 0 Å². The normalized spacial score (nSPS) is 32.1. The molecule has 0 fully saturated rings. The molecule has 0 nitrogen and oxygen atoms in total. The van der Waals surface area contributed by atoms with Crippen molar-refractivity contribution < 1.29 is 0 Å². The summed E-state index contributed by atoms with van der Waals surface area (Å²) in [6, 6.07) is 0. The van der Waals surface area contributed by atoms with Gasteiger partial charge in [0.1, 0.15) is 0 Å². The van der Waals surface area contributed by atoms with Crippen LogP contribution in [0.1, 0.15) is 32.6 Å². The van der Waals surface area contributed by atoms with Gasteiger partial charge >= 0.3 is 0 Å². The number of hydrogen-bond donors (Lipinski definition) is 0. The van der Waals surface area contributed by atoms with Crippen LogP contribution < -0.4 is 0 Å². The minimum absolute atomic E-state index is 0.345. The fourth-order valence-electron chi connectivity index (χ4n) is 1.56. The lowest BCUT2D eigenvalue weighted by Crippen LogP contribution is -2.15. The summed E-state index contributed by atoms with van der Waals surface area (Å²) in [5, 5.41) is 0. The van der Waals surface area contributed by atoms with Gasteiger partial charge in [-0.15, -0.1) is 6.58 Å². The van der Waals surface area contributed by atoms with Gasteiger partial charge in [0, 0.05) is 5.41 Å². The van der Waals surface area contributed by atoms with Gasteiger partial charge in [0.15, 0.2) is 0 Å². The summed E-state index contributed by atoms with van der Waals surface area (Å²) in [5.41, 5.74) is 0.345. The van der Waals surface area contributed by atoms with Crippen molar-refractivity contribution in [1.82, 2.24) is 0 Å². The van der Waals surface area contributed by atoms with E-state index in [9.17, 15) is 0 Å². The van der Waals surface area contributed by atoms with Crippen LogP contribution in [-0.4, -0.2) is 0 Å². The summed E-state index contributed by atoms with van der Waals surface area (Å²) in [6.07, 6.45) is 11.8. The molecule has 0 aromatic carbocycles. The van der Waals surface area contributed by atoms with Crippen molar-refractivity contribution in [2.75, 3.05) is 0 Å². The molecule has 0 N–H and O–H groups in total. The Morgan fingerprint density at radius 3 is 2.80 bits per heavy atom. The molecule has 0 aliphatic heterocycles. The summed E-state index contributed by atoms with van der Waals surface area (Å²) in [7, 11) is 0. The summed E-state index contributed by atoms with van der Waals surface area (Å²) < 4.78 is 0. The predicted octanol–water partition coefficient (Wildman–Crippen LogP) is 3.31. The highest BCUT2D eigenvalue weighted by atomic mass is 14.3. The second-order valence-electron chi connectivity index (χ2n) is 3.09. The highest BCUT2D eigenvalue weighted by Gasteiger charge is 2.21. The number of hydrogen-bond acceptors (Lipinski definition) is 0. The van der Waals surface area contributed by atoms with E-state index >= 15 is 0 Å². The van der Waals surface area contributed by atoms with Gasteiger partial charge in [0.2, 0.25) is 0 Å². The summed E-state index contributed by atoms with van der Waals surface area (Å²) in [4.78, 5) is 0. The van der Waals surface area contributed by atoms with Gasteiger partial charge in [-0.05, 0) is 25.7 Å². The van der Waals surface area contributed by atoms with E-state index < -0.39 is 0 Å². The van der Waals surface area contributed by atoms with Gasteiger partial charge in [-0.25, -0.2) is 0 Å². The fraction of sp³-hybridized carbons (Fsp3) is 0.600. The van der Waals surface area contributed by atoms with Crippen LogP contribution in [0.3, 0.4) is 0 Å². The molecule has 1 rings (SSSR count). The zero-order chi connectivity index (χ0) is 7.45. The Morgan fingerprint density at radius 2 is 2.50 bits per heavy atom. The van der Waals surface area contributed by atoms with E-state index in [0.29, 0.717) is 5.41 Å². The third-order valence-corrected chi connectivity index (χ3v) is 2.53. The molecule has 0 bridgehead atoms. The van der Waals surface area contributed by atoms with E-state index in [4.69, 9.17) is 0 Å².